The van der Waals surface area contributed by atoms with Crippen LogP contribution in [0.15, 0.2) is 30.0 Å². The minimum atomic E-state index is -0.251. The summed E-state index contributed by atoms with van der Waals surface area (Å²) in [6, 6.07) is 3.38. The average Bonchev–Trinajstić information content (AvgIpc) is 2.66. The minimum Gasteiger partial charge on any atom is -0.506 e. The fourth-order valence-electron chi connectivity index (χ4n) is 2.21. The number of hydrogen-bond donors (Lipinski definition) is 2. The van der Waals surface area contributed by atoms with Gasteiger partial charge in [0, 0.05) is 11.1 Å². The summed E-state index contributed by atoms with van der Waals surface area (Å²) in [4.78, 5) is 12.5. The van der Waals surface area contributed by atoms with Crippen LogP contribution in [0.4, 0.5) is 0 Å². The summed E-state index contributed by atoms with van der Waals surface area (Å²) in [5.74, 6) is -0.298. The Morgan fingerprint density at radius 2 is 1.10 bits per heavy atom. The number of halogens is 4. The third-order valence-electron chi connectivity index (χ3n) is 3.13. The summed E-state index contributed by atoms with van der Waals surface area (Å²) in [6.45, 7) is 0. The van der Waals surface area contributed by atoms with E-state index in [4.69, 9.17) is 0 Å². The third-order valence-corrected chi connectivity index (χ3v) is 5.89. The van der Waals surface area contributed by atoms with Crippen molar-refractivity contribution in [3.63, 3.8) is 0 Å². The maximum absolute atomic E-state index is 12.5. The molecular formula is C13H4Br4O3. The summed E-state index contributed by atoms with van der Waals surface area (Å²) in [6.07, 6.45) is 0. The summed E-state index contributed by atoms with van der Waals surface area (Å²) < 4.78 is 1.66. The monoisotopic (exact) mass is 524 g/mol. The minimum absolute atomic E-state index is 0.0238. The highest BCUT2D eigenvalue weighted by atomic mass is 79.9. The average molecular weight is 528 g/mol. The fraction of sp³-hybridized carbons (Fsp3) is 0. The van der Waals surface area contributed by atoms with E-state index in [2.05, 4.69) is 63.7 Å². The maximum atomic E-state index is 12.5. The Bertz CT molecular complexity index is 734. The van der Waals surface area contributed by atoms with E-state index in [0.717, 1.165) is 0 Å². The largest absolute Gasteiger partial charge is 0.506 e. The molecule has 0 atom stereocenters. The normalized spacial score (nSPS) is 12.5. The van der Waals surface area contributed by atoms with Gasteiger partial charge >= 0.3 is 0 Å². The van der Waals surface area contributed by atoms with Crippen LogP contribution >= 0.6 is 63.7 Å². The van der Waals surface area contributed by atoms with Gasteiger partial charge in [0.1, 0.15) is 11.5 Å². The zero-order chi connectivity index (χ0) is 14.8. The first kappa shape index (κ1) is 14.6. The number of carbonyl (C=O) groups is 1. The lowest BCUT2D eigenvalue weighted by Gasteiger charge is -2.07. The fourth-order valence-corrected chi connectivity index (χ4v) is 4.81. The number of rotatable bonds is 0. The second-order valence-electron chi connectivity index (χ2n) is 4.22. The van der Waals surface area contributed by atoms with Gasteiger partial charge in [0.2, 0.25) is 0 Å². The molecule has 0 saturated carbocycles. The molecule has 0 aliphatic heterocycles. The van der Waals surface area contributed by atoms with Gasteiger partial charge in [-0.05, 0) is 87.0 Å². The molecular weight excluding hydrogens is 524 g/mol. The Morgan fingerprint density at radius 3 is 1.45 bits per heavy atom. The lowest BCUT2D eigenvalue weighted by atomic mass is 10.1. The molecule has 0 unspecified atom stereocenters. The Labute approximate surface area is 147 Å². The van der Waals surface area contributed by atoms with Crippen LogP contribution in [0.25, 0.3) is 11.1 Å². The zero-order valence-corrected chi connectivity index (χ0v) is 15.8. The maximum Gasteiger partial charge on any atom is 0.196 e. The predicted molar refractivity (Wildman–Crippen MR) is 89.4 cm³/mol. The van der Waals surface area contributed by atoms with Gasteiger partial charge in [-0.25, -0.2) is 0 Å². The van der Waals surface area contributed by atoms with Crippen molar-refractivity contribution in [2.75, 3.05) is 0 Å². The van der Waals surface area contributed by atoms with Crippen molar-refractivity contribution in [2.45, 2.75) is 0 Å². The first-order chi connectivity index (χ1) is 9.34. The van der Waals surface area contributed by atoms with Crippen LogP contribution in [0, 0.1) is 0 Å². The van der Waals surface area contributed by atoms with Gasteiger partial charge in [-0.1, -0.05) is 0 Å². The van der Waals surface area contributed by atoms with E-state index in [9.17, 15) is 15.0 Å². The van der Waals surface area contributed by atoms with Crippen LogP contribution in [-0.2, 0) is 0 Å². The van der Waals surface area contributed by atoms with Gasteiger partial charge in [-0.2, -0.15) is 0 Å². The van der Waals surface area contributed by atoms with Gasteiger partial charge in [-0.3, -0.25) is 4.79 Å². The van der Waals surface area contributed by atoms with Crippen molar-refractivity contribution >= 4 is 69.5 Å². The number of phenolic OH excluding ortho intramolecular Hbond substituents is 2. The predicted octanol–water partition coefficient (Wildman–Crippen LogP) is 5.36. The Balaban J connectivity index is 2.46. The third kappa shape index (κ3) is 1.83. The molecule has 7 heteroatoms. The van der Waals surface area contributed by atoms with E-state index in [0.29, 0.717) is 40.1 Å². The van der Waals surface area contributed by atoms with Crippen LogP contribution in [0.3, 0.4) is 0 Å². The summed E-state index contributed by atoms with van der Waals surface area (Å²) >= 11 is 13.0. The molecule has 1 aliphatic carbocycles. The first-order valence-electron chi connectivity index (χ1n) is 5.31. The van der Waals surface area contributed by atoms with Crippen LogP contribution in [0.2, 0.25) is 0 Å². The highest BCUT2D eigenvalue weighted by Gasteiger charge is 2.34. The molecule has 0 amide bonds. The molecule has 3 rings (SSSR count). The smallest absolute Gasteiger partial charge is 0.196 e. The van der Waals surface area contributed by atoms with Crippen molar-refractivity contribution in [3.8, 4) is 22.6 Å². The van der Waals surface area contributed by atoms with Crippen molar-refractivity contribution in [3.05, 3.63) is 41.2 Å². The molecule has 0 heterocycles. The molecule has 2 N–H and O–H groups in total. The number of phenols is 2. The van der Waals surface area contributed by atoms with Gasteiger partial charge in [0.15, 0.2) is 5.78 Å². The SMILES string of the molecule is O=C1c2c(cc(Br)c(O)c2Br)-c2cc(Br)c(O)c(Br)c21. The highest BCUT2D eigenvalue weighted by molar-refractivity contribution is 9.11. The Morgan fingerprint density at radius 1 is 0.750 bits per heavy atom. The van der Waals surface area contributed by atoms with Crippen LogP contribution in [0.5, 0.6) is 11.5 Å². The molecule has 1 aliphatic rings. The molecule has 0 radical (unpaired) electrons. The van der Waals surface area contributed by atoms with Crippen molar-refractivity contribution in [1.29, 1.82) is 0 Å². The number of carbonyl (C=O) groups excluding carboxylic acids is 1. The van der Waals surface area contributed by atoms with Crippen molar-refractivity contribution in [1.82, 2.24) is 0 Å². The van der Waals surface area contributed by atoms with E-state index in [1.165, 1.54) is 0 Å². The van der Waals surface area contributed by atoms with Gasteiger partial charge in [0.25, 0.3) is 0 Å². The summed E-state index contributed by atoms with van der Waals surface area (Å²) in [7, 11) is 0. The molecule has 0 bridgehead atoms. The molecule has 0 saturated heterocycles. The summed E-state index contributed by atoms with van der Waals surface area (Å²) in [5, 5.41) is 19.9. The molecule has 0 aromatic heterocycles. The molecule has 20 heavy (non-hydrogen) atoms. The zero-order valence-electron chi connectivity index (χ0n) is 9.47. The molecule has 0 fully saturated rings. The molecule has 2 aromatic carbocycles. The van der Waals surface area contributed by atoms with Crippen LogP contribution < -0.4 is 0 Å². The van der Waals surface area contributed by atoms with Crippen molar-refractivity contribution < 1.29 is 15.0 Å². The van der Waals surface area contributed by atoms with E-state index >= 15 is 0 Å². The van der Waals surface area contributed by atoms with E-state index in [1.807, 2.05) is 0 Å². The lowest BCUT2D eigenvalue weighted by molar-refractivity contribution is 0.104. The first-order valence-corrected chi connectivity index (χ1v) is 8.48. The Hall–Kier alpha value is -0.370. The molecule has 2 aromatic rings. The topological polar surface area (TPSA) is 57.5 Å². The van der Waals surface area contributed by atoms with Crippen LogP contribution in [0.1, 0.15) is 15.9 Å². The second kappa shape index (κ2) is 4.83. The van der Waals surface area contributed by atoms with E-state index < -0.39 is 0 Å². The van der Waals surface area contributed by atoms with E-state index in [1.54, 1.807) is 12.1 Å². The Kier molecular flexibility index (Phi) is 3.52. The summed E-state index contributed by atoms with van der Waals surface area (Å²) in [5.41, 5.74) is 2.17. The highest BCUT2D eigenvalue weighted by Crippen LogP contribution is 2.51. The second-order valence-corrected chi connectivity index (χ2v) is 7.51. The van der Waals surface area contributed by atoms with Crippen LogP contribution in [-0.4, -0.2) is 16.0 Å². The van der Waals surface area contributed by atoms with Gasteiger partial charge < -0.3 is 10.2 Å². The molecule has 0 spiro atoms. The number of hydrogen-bond acceptors (Lipinski definition) is 3. The van der Waals surface area contributed by atoms with Gasteiger partial charge in [0.05, 0.1) is 17.9 Å². The lowest BCUT2D eigenvalue weighted by Crippen LogP contribution is -1.98. The quantitative estimate of drug-likeness (QED) is 0.414. The van der Waals surface area contributed by atoms with Gasteiger partial charge in [-0.15, -0.1) is 0 Å². The standard InChI is InChI=1S/C13H4Br4O3/c14-5-1-3-4-2-6(15)12(19)10(17)8(4)13(20)7(3)9(16)11(5)18/h1-2,18-19H. The molecule has 3 nitrogen and oxygen atoms in total. The number of benzene rings is 2. The van der Waals surface area contributed by atoms with E-state index in [-0.39, 0.29) is 17.3 Å². The number of ketones is 1. The number of fused-ring (bicyclic) bond motifs is 3. The van der Waals surface area contributed by atoms with Crippen molar-refractivity contribution in [2.24, 2.45) is 0 Å². The number of aromatic hydroxyl groups is 2. The molecule has 102 valence electrons.